The largest absolute Gasteiger partial charge is 0.429 e. The smallest absolute Gasteiger partial charge is 0.140 e. The third-order valence-corrected chi connectivity index (χ3v) is 2.35. The molecule has 1 rings (SSSR count). The van der Waals surface area contributed by atoms with Crippen LogP contribution in [0.4, 0.5) is 0 Å². The van der Waals surface area contributed by atoms with E-state index in [1.54, 1.807) is 0 Å². The summed E-state index contributed by atoms with van der Waals surface area (Å²) in [5.41, 5.74) is 3.32. The van der Waals surface area contributed by atoms with Gasteiger partial charge in [0.25, 0.3) is 0 Å². The van der Waals surface area contributed by atoms with E-state index in [1.807, 2.05) is 58.1 Å². The van der Waals surface area contributed by atoms with Gasteiger partial charge in [0.1, 0.15) is 5.75 Å². The topological polar surface area (TPSA) is 9.23 Å². The zero-order chi connectivity index (χ0) is 12.6. The first-order valence-electron chi connectivity index (χ1n) is 5.44. The van der Waals surface area contributed by atoms with Crippen LogP contribution in [0.5, 0.6) is 5.75 Å². The van der Waals surface area contributed by atoms with Crippen molar-refractivity contribution in [2.24, 2.45) is 0 Å². The van der Waals surface area contributed by atoms with Crippen LogP contribution < -0.4 is 4.18 Å². The van der Waals surface area contributed by atoms with Gasteiger partial charge in [-0.3, -0.25) is 0 Å². The van der Waals surface area contributed by atoms with E-state index in [-0.39, 0.29) is 0 Å². The maximum absolute atomic E-state index is 4.96. The summed E-state index contributed by atoms with van der Waals surface area (Å²) in [6, 6.07) is 3.87. The van der Waals surface area contributed by atoms with E-state index in [1.165, 1.54) is 0 Å². The Hall–Kier alpha value is -1.15. The van der Waals surface area contributed by atoms with Gasteiger partial charge < -0.3 is 4.18 Å². The van der Waals surface area contributed by atoms with Gasteiger partial charge in [-0.15, -0.1) is 0 Å². The number of allylic oxidation sites excluding steroid dienone is 1. The highest BCUT2D eigenvalue weighted by Crippen LogP contribution is 2.27. The lowest BCUT2D eigenvalue weighted by atomic mass is 10.0. The number of benzene rings is 1. The average molecular weight is 236 g/mol. The minimum absolute atomic E-state index is 0.784. The molecule has 0 heterocycles. The fourth-order valence-corrected chi connectivity index (χ4v) is 1.59. The number of rotatable bonds is 3. The Morgan fingerprint density at radius 2 is 1.94 bits per heavy atom. The minimum Gasteiger partial charge on any atom is -0.429 e. The summed E-state index contributed by atoms with van der Waals surface area (Å²) in [4.78, 5) is 0. The van der Waals surface area contributed by atoms with Crippen LogP contribution in [0.25, 0.3) is 12.2 Å². The Balaban J connectivity index is 0.00000106. The first kappa shape index (κ1) is 14.8. The molecular weight excluding hydrogens is 216 g/mol. The molecule has 1 nitrogen and oxygen atoms in total. The third kappa shape index (κ3) is 3.46. The lowest BCUT2D eigenvalue weighted by molar-refractivity contribution is 0.652. The quantitative estimate of drug-likeness (QED) is 0.579. The van der Waals surface area contributed by atoms with Gasteiger partial charge in [0.2, 0.25) is 0 Å². The monoisotopic (exact) mass is 236 g/mol. The average Bonchev–Trinajstić information content (AvgIpc) is 2.34. The van der Waals surface area contributed by atoms with Crippen molar-refractivity contribution in [3.05, 3.63) is 41.5 Å². The van der Waals surface area contributed by atoms with E-state index in [2.05, 4.69) is 19.5 Å². The Morgan fingerprint density at radius 3 is 2.38 bits per heavy atom. The maximum atomic E-state index is 4.96. The molecule has 1 aromatic carbocycles. The van der Waals surface area contributed by atoms with Crippen molar-refractivity contribution in [3.8, 4) is 5.75 Å². The lowest BCUT2D eigenvalue weighted by Gasteiger charge is -2.09. The summed E-state index contributed by atoms with van der Waals surface area (Å²) in [5.74, 6) is 0.784. The molecule has 0 saturated carbocycles. The van der Waals surface area contributed by atoms with Crippen molar-refractivity contribution < 1.29 is 4.18 Å². The number of hydrogen-bond donors (Lipinski definition) is 1. The summed E-state index contributed by atoms with van der Waals surface area (Å²) >= 11 is 3.81. The molecule has 0 aliphatic carbocycles. The van der Waals surface area contributed by atoms with Gasteiger partial charge in [0.05, 0.1) is 0 Å². The third-order valence-electron chi connectivity index (χ3n) is 2.15. The normalized spacial score (nSPS) is 9.56. The Kier molecular flexibility index (Phi) is 7.48. The van der Waals surface area contributed by atoms with Crippen LogP contribution in [0.2, 0.25) is 0 Å². The number of hydrogen-bond acceptors (Lipinski definition) is 2. The van der Waals surface area contributed by atoms with Crippen molar-refractivity contribution in [2.45, 2.75) is 27.7 Å². The molecule has 0 fully saturated rings. The predicted octanol–water partition coefficient (Wildman–Crippen LogP) is 4.92. The molecule has 0 unspecified atom stereocenters. The molecule has 0 radical (unpaired) electrons. The predicted molar refractivity (Wildman–Crippen MR) is 76.9 cm³/mol. The Labute approximate surface area is 104 Å². The van der Waals surface area contributed by atoms with Gasteiger partial charge in [-0.25, -0.2) is 0 Å². The van der Waals surface area contributed by atoms with E-state index >= 15 is 0 Å². The van der Waals surface area contributed by atoms with E-state index in [0.717, 1.165) is 22.4 Å². The summed E-state index contributed by atoms with van der Waals surface area (Å²) in [6.07, 6.45) is 5.88. The maximum Gasteiger partial charge on any atom is 0.140 e. The molecule has 1 aromatic rings. The van der Waals surface area contributed by atoms with Crippen molar-refractivity contribution in [3.63, 3.8) is 0 Å². The zero-order valence-electron chi connectivity index (χ0n) is 10.4. The van der Waals surface area contributed by atoms with Gasteiger partial charge in [-0.05, 0) is 31.0 Å². The molecule has 0 atom stereocenters. The molecule has 0 N–H and O–H groups in total. The van der Waals surface area contributed by atoms with Gasteiger partial charge in [0.15, 0.2) is 0 Å². The van der Waals surface area contributed by atoms with Crippen LogP contribution in [0.1, 0.15) is 37.5 Å². The molecule has 0 spiro atoms. The van der Waals surface area contributed by atoms with E-state index < -0.39 is 0 Å². The lowest BCUT2D eigenvalue weighted by Crippen LogP contribution is -1.89. The highest BCUT2D eigenvalue weighted by atomic mass is 32.1. The second-order valence-electron chi connectivity index (χ2n) is 2.99. The highest BCUT2D eigenvalue weighted by Gasteiger charge is 2.05. The van der Waals surface area contributed by atoms with Crippen LogP contribution in [-0.2, 0) is 0 Å². The van der Waals surface area contributed by atoms with E-state index in [9.17, 15) is 0 Å². The second-order valence-corrected chi connectivity index (χ2v) is 3.17. The first-order valence-corrected chi connectivity index (χ1v) is 5.81. The molecule has 88 valence electrons. The van der Waals surface area contributed by atoms with E-state index in [0.29, 0.717) is 0 Å². The van der Waals surface area contributed by atoms with Gasteiger partial charge in [0, 0.05) is 18.5 Å². The zero-order valence-corrected chi connectivity index (χ0v) is 11.3. The van der Waals surface area contributed by atoms with Crippen molar-refractivity contribution in [1.82, 2.24) is 0 Å². The molecule has 2 heteroatoms. The molecular formula is C14H20OS. The van der Waals surface area contributed by atoms with Crippen LogP contribution in [0.3, 0.4) is 0 Å². The molecule has 0 aliphatic heterocycles. The molecule has 0 saturated heterocycles. The summed E-state index contributed by atoms with van der Waals surface area (Å²) in [7, 11) is 0. The van der Waals surface area contributed by atoms with Crippen LogP contribution in [0, 0.1) is 6.92 Å². The van der Waals surface area contributed by atoms with Crippen LogP contribution in [-0.4, -0.2) is 0 Å². The van der Waals surface area contributed by atoms with Gasteiger partial charge in [-0.2, -0.15) is 0 Å². The SMILES string of the molecule is C=Cc1ccc(OS)c(C)c1/C=C\C.CC. The van der Waals surface area contributed by atoms with Crippen molar-refractivity contribution in [1.29, 1.82) is 0 Å². The number of thiol groups is 1. The highest BCUT2D eigenvalue weighted by molar-refractivity contribution is 7.75. The Morgan fingerprint density at radius 1 is 1.31 bits per heavy atom. The van der Waals surface area contributed by atoms with Crippen molar-refractivity contribution in [2.75, 3.05) is 0 Å². The van der Waals surface area contributed by atoms with Crippen LogP contribution in [0.15, 0.2) is 24.8 Å². The van der Waals surface area contributed by atoms with Crippen molar-refractivity contribution >= 4 is 25.1 Å². The van der Waals surface area contributed by atoms with Gasteiger partial charge >= 0.3 is 0 Å². The first-order chi connectivity index (χ1) is 7.74. The second kappa shape index (κ2) is 8.05. The van der Waals surface area contributed by atoms with E-state index in [4.69, 9.17) is 4.18 Å². The molecule has 0 amide bonds. The van der Waals surface area contributed by atoms with Crippen LogP contribution >= 0.6 is 12.9 Å². The molecule has 0 aliphatic rings. The molecule has 0 bridgehead atoms. The summed E-state index contributed by atoms with van der Waals surface area (Å²) in [5, 5.41) is 0. The molecule has 16 heavy (non-hydrogen) atoms. The minimum atomic E-state index is 0.784. The van der Waals surface area contributed by atoms with Gasteiger partial charge in [-0.1, -0.05) is 44.7 Å². The summed E-state index contributed by atoms with van der Waals surface area (Å²) < 4.78 is 4.96. The Bertz CT molecular complexity index is 367. The fourth-order valence-electron chi connectivity index (χ4n) is 1.39. The fraction of sp³-hybridized carbons (Fsp3) is 0.286. The molecule has 0 aromatic heterocycles. The summed E-state index contributed by atoms with van der Waals surface area (Å²) in [6.45, 7) is 11.8. The standard InChI is InChI=1S/C12H14OS.C2H6/c1-4-6-11-9(3)12(13-14)8-7-10(11)5-2;1-2/h4-8,14H,2H2,1,3H3;1-2H3/b6-4-;.